The molecule has 7 nitrogen and oxygen atoms in total. The Kier molecular flexibility index (Phi) is 8.53. The number of hydrogen-bond donors (Lipinski definition) is 1. The molecule has 0 spiro atoms. The van der Waals surface area contributed by atoms with Crippen LogP contribution >= 0.6 is 0 Å². The average Bonchev–Trinajstić information content (AvgIpc) is 2.76. The molecule has 2 rings (SSSR count). The summed E-state index contributed by atoms with van der Waals surface area (Å²) in [4.78, 5) is 27.0. The molecule has 0 unspecified atom stereocenters. The Bertz CT molecular complexity index is 846. The third-order valence-electron chi connectivity index (χ3n) is 4.81. The van der Waals surface area contributed by atoms with Gasteiger partial charge in [-0.2, -0.15) is 0 Å². The van der Waals surface area contributed by atoms with Crippen molar-refractivity contribution in [2.75, 3.05) is 27.4 Å². The predicted octanol–water partition coefficient (Wildman–Crippen LogP) is 2.94. The highest BCUT2D eigenvalue weighted by atomic mass is 16.5. The minimum Gasteiger partial charge on any atom is -0.496 e. The minimum absolute atomic E-state index is 0.206. The standard InChI is InChI=1S/C23H30N2O5/c1-6-24-23(27)17(3)25(14-18-10-8-7-9-16(18)2)22(26)15-30-21-12-19(28-4)11-20(13-21)29-5/h7-13,17H,6,14-15H2,1-5H3,(H,24,27)/t17-/m0/s1. The monoisotopic (exact) mass is 414 g/mol. The molecule has 162 valence electrons. The quantitative estimate of drug-likeness (QED) is 0.647. The van der Waals surface area contributed by atoms with Crippen LogP contribution in [0.5, 0.6) is 17.2 Å². The molecule has 2 aromatic carbocycles. The second-order valence-electron chi connectivity index (χ2n) is 6.86. The summed E-state index contributed by atoms with van der Waals surface area (Å²) in [5.41, 5.74) is 2.03. The molecule has 0 aromatic heterocycles. The van der Waals surface area contributed by atoms with Crippen molar-refractivity contribution in [3.8, 4) is 17.2 Å². The van der Waals surface area contributed by atoms with E-state index in [9.17, 15) is 9.59 Å². The van der Waals surface area contributed by atoms with Gasteiger partial charge in [-0.15, -0.1) is 0 Å². The lowest BCUT2D eigenvalue weighted by Gasteiger charge is -2.29. The number of rotatable bonds is 10. The second kappa shape index (κ2) is 11.1. The van der Waals surface area contributed by atoms with Crippen LogP contribution in [0.4, 0.5) is 0 Å². The summed E-state index contributed by atoms with van der Waals surface area (Å²) in [5.74, 6) is 1.07. The average molecular weight is 415 g/mol. The van der Waals surface area contributed by atoms with Crippen LogP contribution in [0.3, 0.4) is 0 Å². The van der Waals surface area contributed by atoms with Crippen molar-refractivity contribution >= 4 is 11.8 Å². The molecule has 1 atom stereocenters. The number of nitrogens with zero attached hydrogens (tertiary/aromatic N) is 1. The number of amides is 2. The number of benzene rings is 2. The summed E-state index contributed by atoms with van der Waals surface area (Å²) in [6, 6.07) is 12.2. The van der Waals surface area contributed by atoms with Crippen LogP contribution in [0.25, 0.3) is 0 Å². The first-order chi connectivity index (χ1) is 14.4. The van der Waals surface area contributed by atoms with Gasteiger partial charge in [0.05, 0.1) is 14.2 Å². The van der Waals surface area contributed by atoms with E-state index in [0.717, 1.165) is 11.1 Å². The summed E-state index contributed by atoms with van der Waals surface area (Å²) < 4.78 is 16.2. The summed E-state index contributed by atoms with van der Waals surface area (Å²) >= 11 is 0. The first kappa shape index (κ1) is 23.1. The van der Waals surface area contributed by atoms with Crippen LogP contribution in [-0.2, 0) is 16.1 Å². The van der Waals surface area contributed by atoms with Crippen LogP contribution in [-0.4, -0.2) is 50.1 Å². The van der Waals surface area contributed by atoms with Crippen LogP contribution < -0.4 is 19.5 Å². The number of hydrogen-bond acceptors (Lipinski definition) is 5. The molecule has 1 N–H and O–H groups in total. The maximum absolute atomic E-state index is 13.0. The zero-order valence-electron chi connectivity index (χ0n) is 18.2. The Morgan fingerprint density at radius 3 is 2.20 bits per heavy atom. The third-order valence-corrected chi connectivity index (χ3v) is 4.81. The predicted molar refractivity (Wildman–Crippen MR) is 115 cm³/mol. The van der Waals surface area contributed by atoms with Gasteiger partial charge >= 0.3 is 0 Å². The number of nitrogens with one attached hydrogen (secondary N) is 1. The van der Waals surface area contributed by atoms with Gasteiger partial charge in [-0.3, -0.25) is 9.59 Å². The highest BCUT2D eigenvalue weighted by Gasteiger charge is 2.26. The molecule has 0 aliphatic rings. The van der Waals surface area contributed by atoms with Crippen LogP contribution in [0.15, 0.2) is 42.5 Å². The normalized spacial score (nSPS) is 11.4. The first-order valence-electron chi connectivity index (χ1n) is 9.87. The van der Waals surface area contributed by atoms with E-state index in [-0.39, 0.29) is 18.4 Å². The molecule has 0 saturated heterocycles. The van der Waals surface area contributed by atoms with E-state index >= 15 is 0 Å². The van der Waals surface area contributed by atoms with Crippen molar-refractivity contribution < 1.29 is 23.8 Å². The molecule has 0 radical (unpaired) electrons. The number of carbonyl (C=O) groups is 2. The minimum atomic E-state index is -0.638. The molecule has 0 aliphatic heterocycles. The zero-order valence-corrected chi connectivity index (χ0v) is 18.2. The van der Waals surface area contributed by atoms with Crippen molar-refractivity contribution in [1.29, 1.82) is 0 Å². The molecule has 2 aromatic rings. The number of ether oxygens (including phenoxy) is 3. The summed E-state index contributed by atoms with van der Waals surface area (Å²) in [7, 11) is 3.09. The molecule has 2 amide bonds. The summed E-state index contributed by atoms with van der Waals surface area (Å²) in [5, 5.41) is 2.78. The molecule has 30 heavy (non-hydrogen) atoms. The lowest BCUT2D eigenvalue weighted by Crippen LogP contribution is -2.49. The molecule has 0 fully saturated rings. The van der Waals surface area contributed by atoms with E-state index in [2.05, 4.69) is 5.32 Å². The number of methoxy groups -OCH3 is 2. The van der Waals surface area contributed by atoms with Gasteiger partial charge in [-0.05, 0) is 31.9 Å². The van der Waals surface area contributed by atoms with Crippen molar-refractivity contribution in [3.05, 3.63) is 53.6 Å². The molecular weight excluding hydrogens is 384 g/mol. The molecule has 0 heterocycles. The number of likely N-dealkylation sites (N-methyl/N-ethyl adjacent to an activating group) is 1. The molecular formula is C23H30N2O5. The van der Waals surface area contributed by atoms with Crippen molar-refractivity contribution in [3.63, 3.8) is 0 Å². The summed E-state index contributed by atoms with van der Waals surface area (Å²) in [6.45, 7) is 6.14. The van der Waals surface area contributed by atoms with Crippen molar-refractivity contribution in [2.45, 2.75) is 33.4 Å². The fourth-order valence-corrected chi connectivity index (χ4v) is 2.97. The second-order valence-corrected chi connectivity index (χ2v) is 6.86. The number of carbonyl (C=O) groups excluding carboxylic acids is 2. The van der Waals surface area contributed by atoms with Crippen LogP contribution in [0.2, 0.25) is 0 Å². The van der Waals surface area contributed by atoms with E-state index in [1.807, 2.05) is 38.1 Å². The van der Waals surface area contributed by atoms with Gasteiger partial charge in [-0.25, -0.2) is 0 Å². The van der Waals surface area contributed by atoms with Crippen molar-refractivity contribution in [2.24, 2.45) is 0 Å². The number of aryl methyl sites for hydroxylation is 1. The lowest BCUT2D eigenvalue weighted by molar-refractivity contribution is -0.142. The summed E-state index contributed by atoms with van der Waals surface area (Å²) in [6.07, 6.45) is 0. The Morgan fingerprint density at radius 1 is 1.03 bits per heavy atom. The maximum atomic E-state index is 13.0. The largest absolute Gasteiger partial charge is 0.496 e. The highest BCUT2D eigenvalue weighted by Crippen LogP contribution is 2.27. The van der Waals surface area contributed by atoms with Gasteiger partial charge in [0.1, 0.15) is 23.3 Å². The SMILES string of the molecule is CCNC(=O)[C@H](C)N(Cc1ccccc1C)C(=O)COc1cc(OC)cc(OC)c1. The van der Waals surface area contributed by atoms with Crippen molar-refractivity contribution in [1.82, 2.24) is 10.2 Å². The topological polar surface area (TPSA) is 77.1 Å². The Labute approximate surface area is 177 Å². The van der Waals surface area contributed by atoms with E-state index in [1.165, 1.54) is 4.90 Å². The van der Waals surface area contributed by atoms with E-state index < -0.39 is 6.04 Å². The molecule has 0 aliphatic carbocycles. The van der Waals surface area contributed by atoms with E-state index in [4.69, 9.17) is 14.2 Å². The van der Waals surface area contributed by atoms with E-state index in [0.29, 0.717) is 30.3 Å². The Hall–Kier alpha value is -3.22. The molecule has 7 heteroatoms. The van der Waals surface area contributed by atoms with Gasteiger partial charge in [0, 0.05) is 31.3 Å². The van der Waals surface area contributed by atoms with Gasteiger partial charge < -0.3 is 24.4 Å². The lowest BCUT2D eigenvalue weighted by atomic mass is 10.1. The maximum Gasteiger partial charge on any atom is 0.261 e. The fourth-order valence-electron chi connectivity index (χ4n) is 2.97. The van der Waals surface area contributed by atoms with Crippen LogP contribution in [0.1, 0.15) is 25.0 Å². The van der Waals surface area contributed by atoms with E-state index in [1.54, 1.807) is 39.3 Å². The third kappa shape index (κ3) is 6.14. The highest BCUT2D eigenvalue weighted by molar-refractivity contribution is 5.88. The van der Waals surface area contributed by atoms with Gasteiger partial charge in [0.15, 0.2) is 6.61 Å². The van der Waals surface area contributed by atoms with Gasteiger partial charge in [-0.1, -0.05) is 24.3 Å². The zero-order chi connectivity index (χ0) is 22.1. The van der Waals surface area contributed by atoms with Crippen LogP contribution in [0, 0.1) is 6.92 Å². The van der Waals surface area contributed by atoms with Gasteiger partial charge in [0.25, 0.3) is 5.91 Å². The molecule has 0 saturated carbocycles. The molecule has 0 bridgehead atoms. The smallest absolute Gasteiger partial charge is 0.261 e. The Balaban J connectivity index is 2.19. The van der Waals surface area contributed by atoms with Gasteiger partial charge in [0.2, 0.25) is 5.91 Å². The first-order valence-corrected chi connectivity index (χ1v) is 9.87. The fraction of sp³-hybridized carbons (Fsp3) is 0.391. The Morgan fingerprint density at radius 2 is 1.63 bits per heavy atom.